The van der Waals surface area contributed by atoms with Gasteiger partial charge in [-0.3, -0.25) is 4.79 Å². The van der Waals surface area contributed by atoms with Crippen LogP contribution in [0.4, 0.5) is 27.6 Å². The predicted octanol–water partition coefficient (Wildman–Crippen LogP) is 2.17. The second kappa shape index (κ2) is 3.95. The highest BCUT2D eigenvalue weighted by molar-refractivity contribution is 5.96. The molecule has 0 aromatic heterocycles. The van der Waals surface area contributed by atoms with E-state index in [-0.39, 0.29) is 0 Å². The molecular weight excluding hydrogens is 237 g/mol. The van der Waals surface area contributed by atoms with E-state index in [0.717, 1.165) is 0 Å². The normalized spacial score (nSPS) is 11.3. The summed E-state index contributed by atoms with van der Waals surface area (Å²) < 4.78 is 60.5. The number of carbonyl (C=O) groups excluding carboxylic acids is 1. The molecule has 88 valence electrons. The number of anilines is 1. The molecule has 0 bridgehead atoms. The van der Waals surface area contributed by atoms with Crippen LogP contribution in [0.2, 0.25) is 0 Å². The molecule has 1 aromatic carbocycles. The van der Waals surface area contributed by atoms with Crippen LogP contribution in [0.25, 0.3) is 0 Å². The van der Waals surface area contributed by atoms with Crippen molar-refractivity contribution in [2.45, 2.75) is 6.18 Å². The summed E-state index contributed by atoms with van der Waals surface area (Å²) in [4.78, 5) is 10.4. The minimum atomic E-state index is -5.18. The van der Waals surface area contributed by atoms with Crippen molar-refractivity contribution in [3.05, 3.63) is 23.8 Å². The predicted molar refractivity (Wildman–Crippen MR) is 42.7 cm³/mol. The highest BCUT2D eigenvalue weighted by Crippen LogP contribution is 2.29. The maximum atomic E-state index is 12.7. The summed E-state index contributed by atoms with van der Waals surface area (Å²) in [6, 6.07) is 1.08. The van der Waals surface area contributed by atoms with Crippen molar-refractivity contribution in [1.29, 1.82) is 0 Å². The molecule has 0 fully saturated rings. The summed E-state index contributed by atoms with van der Waals surface area (Å²) in [5, 5.41) is 10.1. The summed E-state index contributed by atoms with van der Waals surface area (Å²) in [6.45, 7) is 0. The molecule has 2 N–H and O–H groups in total. The van der Waals surface area contributed by atoms with Gasteiger partial charge in [-0.25, -0.2) is 4.39 Å². The topological polar surface area (TPSA) is 49.3 Å². The molecule has 0 aliphatic carbocycles. The number of benzene rings is 1. The molecule has 0 spiro atoms. The van der Waals surface area contributed by atoms with Crippen molar-refractivity contribution in [3.8, 4) is 5.75 Å². The lowest BCUT2D eigenvalue weighted by molar-refractivity contribution is -0.167. The van der Waals surface area contributed by atoms with Gasteiger partial charge < -0.3 is 10.4 Å². The summed E-state index contributed by atoms with van der Waals surface area (Å²) in [6.07, 6.45) is -5.18. The summed E-state index contributed by atoms with van der Waals surface area (Å²) in [7, 11) is 0. The fourth-order valence-electron chi connectivity index (χ4n) is 0.834. The van der Waals surface area contributed by atoms with Gasteiger partial charge >= 0.3 is 12.1 Å². The third-order valence-electron chi connectivity index (χ3n) is 1.57. The number of phenols is 1. The van der Waals surface area contributed by atoms with E-state index in [4.69, 9.17) is 5.11 Å². The van der Waals surface area contributed by atoms with Crippen LogP contribution in [0.3, 0.4) is 0 Å². The van der Waals surface area contributed by atoms with Crippen LogP contribution >= 0.6 is 0 Å². The van der Waals surface area contributed by atoms with Crippen molar-refractivity contribution in [3.63, 3.8) is 0 Å². The van der Waals surface area contributed by atoms with Gasteiger partial charge in [-0.15, -0.1) is 0 Å². The Labute approximate surface area is 85.5 Å². The van der Waals surface area contributed by atoms with Crippen LogP contribution in [0, 0.1) is 11.6 Å². The average Bonchev–Trinajstić information content (AvgIpc) is 2.17. The smallest absolute Gasteiger partial charge is 0.471 e. The van der Waals surface area contributed by atoms with Gasteiger partial charge in [0.15, 0.2) is 11.6 Å². The first-order chi connectivity index (χ1) is 7.23. The first-order valence-electron chi connectivity index (χ1n) is 3.78. The van der Waals surface area contributed by atoms with Gasteiger partial charge in [0.1, 0.15) is 0 Å². The minimum absolute atomic E-state index is 0.473. The van der Waals surface area contributed by atoms with Gasteiger partial charge in [-0.2, -0.15) is 17.6 Å². The molecule has 1 aromatic rings. The standard InChI is InChI=1S/C8H4F5NO2/c9-3-1-2-4(6(15)5(3)10)14-7(16)8(11,12)13/h1-2,15H,(H,14,16). The summed E-state index contributed by atoms with van der Waals surface area (Å²) >= 11 is 0. The molecule has 16 heavy (non-hydrogen) atoms. The van der Waals surface area contributed by atoms with Gasteiger partial charge in [0.05, 0.1) is 5.69 Å². The van der Waals surface area contributed by atoms with Crippen molar-refractivity contribution < 1.29 is 31.9 Å². The molecule has 0 saturated heterocycles. The van der Waals surface area contributed by atoms with E-state index >= 15 is 0 Å². The lowest BCUT2D eigenvalue weighted by atomic mass is 10.2. The number of amides is 1. The highest BCUT2D eigenvalue weighted by Gasteiger charge is 2.39. The molecule has 0 aliphatic rings. The second-order valence-corrected chi connectivity index (χ2v) is 2.71. The van der Waals surface area contributed by atoms with Crippen LogP contribution in [0.1, 0.15) is 0 Å². The molecule has 0 unspecified atom stereocenters. The number of hydrogen-bond acceptors (Lipinski definition) is 2. The molecule has 0 saturated carbocycles. The Morgan fingerprint density at radius 2 is 1.81 bits per heavy atom. The molecule has 1 rings (SSSR count). The number of aromatic hydroxyl groups is 1. The average molecular weight is 241 g/mol. The Hall–Kier alpha value is -1.86. The van der Waals surface area contributed by atoms with E-state index in [1.807, 2.05) is 0 Å². The maximum absolute atomic E-state index is 12.7. The second-order valence-electron chi connectivity index (χ2n) is 2.71. The monoisotopic (exact) mass is 241 g/mol. The van der Waals surface area contributed by atoms with Crippen LogP contribution < -0.4 is 5.32 Å². The van der Waals surface area contributed by atoms with Gasteiger partial charge in [0, 0.05) is 0 Å². The third kappa shape index (κ3) is 2.38. The maximum Gasteiger partial charge on any atom is 0.471 e. The number of carbonyl (C=O) groups is 1. The zero-order chi connectivity index (χ0) is 12.5. The minimum Gasteiger partial charge on any atom is -0.503 e. The molecular formula is C8H4F5NO2. The lowest BCUT2D eigenvalue weighted by Gasteiger charge is -2.09. The van der Waals surface area contributed by atoms with Gasteiger partial charge in [0.2, 0.25) is 5.82 Å². The molecule has 0 radical (unpaired) electrons. The van der Waals surface area contributed by atoms with Crippen molar-refractivity contribution in [2.75, 3.05) is 5.32 Å². The van der Waals surface area contributed by atoms with E-state index in [1.165, 1.54) is 5.32 Å². The van der Waals surface area contributed by atoms with Crippen molar-refractivity contribution in [2.24, 2.45) is 0 Å². The molecule has 0 heterocycles. The number of phenolic OH excluding ortho intramolecular Hbond substituents is 1. The highest BCUT2D eigenvalue weighted by atomic mass is 19.4. The number of halogens is 5. The number of nitrogens with one attached hydrogen (secondary N) is 1. The van der Waals surface area contributed by atoms with E-state index in [9.17, 15) is 26.7 Å². The molecule has 1 amide bonds. The third-order valence-corrected chi connectivity index (χ3v) is 1.57. The molecule has 0 atom stereocenters. The van der Waals surface area contributed by atoms with Crippen LogP contribution in [-0.4, -0.2) is 17.2 Å². The van der Waals surface area contributed by atoms with E-state index in [1.54, 1.807) is 0 Å². The van der Waals surface area contributed by atoms with Crippen molar-refractivity contribution in [1.82, 2.24) is 0 Å². The Balaban J connectivity index is 3.00. The SMILES string of the molecule is O=C(Nc1ccc(F)c(F)c1O)C(F)(F)F. The lowest BCUT2D eigenvalue weighted by Crippen LogP contribution is -2.30. The molecule has 8 heteroatoms. The van der Waals surface area contributed by atoms with Crippen LogP contribution in [0.5, 0.6) is 5.75 Å². The van der Waals surface area contributed by atoms with E-state index in [0.29, 0.717) is 12.1 Å². The van der Waals surface area contributed by atoms with Gasteiger partial charge in [-0.05, 0) is 12.1 Å². The Morgan fingerprint density at radius 1 is 1.25 bits per heavy atom. The molecule has 3 nitrogen and oxygen atoms in total. The van der Waals surface area contributed by atoms with E-state index in [2.05, 4.69) is 0 Å². The Morgan fingerprint density at radius 3 is 2.31 bits per heavy atom. The molecule has 0 aliphatic heterocycles. The van der Waals surface area contributed by atoms with Crippen LogP contribution in [0.15, 0.2) is 12.1 Å². The first kappa shape index (κ1) is 12.2. The number of alkyl halides is 3. The fourth-order valence-corrected chi connectivity index (χ4v) is 0.834. The van der Waals surface area contributed by atoms with Gasteiger partial charge in [0.25, 0.3) is 0 Å². The first-order valence-corrected chi connectivity index (χ1v) is 3.78. The number of rotatable bonds is 1. The quantitative estimate of drug-likeness (QED) is 0.584. The van der Waals surface area contributed by atoms with Crippen molar-refractivity contribution >= 4 is 11.6 Å². The number of hydrogen-bond donors (Lipinski definition) is 2. The summed E-state index contributed by atoms with van der Waals surface area (Å²) in [5.74, 6) is -6.96. The fraction of sp³-hybridized carbons (Fsp3) is 0.125. The zero-order valence-corrected chi connectivity index (χ0v) is 7.40. The summed E-state index contributed by atoms with van der Waals surface area (Å²) in [5.41, 5.74) is -0.860. The zero-order valence-electron chi connectivity index (χ0n) is 7.40. The Bertz CT molecular complexity index is 429. The Kier molecular flexibility index (Phi) is 3.02. The van der Waals surface area contributed by atoms with E-state index < -0.39 is 35.2 Å². The van der Waals surface area contributed by atoms with Crippen LogP contribution in [-0.2, 0) is 4.79 Å². The van der Waals surface area contributed by atoms with Gasteiger partial charge in [-0.1, -0.05) is 0 Å². The largest absolute Gasteiger partial charge is 0.503 e.